The average Bonchev–Trinajstić information content (AvgIpc) is 3.75. The number of hydrogen-bond donors (Lipinski definition) is 3. The first kappa shape index (κ1) is 28.6. The molecule has 218 valence electrons. The van der Waals surface area contributed by atoms with Crippen molar-refractivity contribution in [3.63, 3.8) is 0 Å². The highest BCUT2D eigenvalue weighted by Crippen LogP contribution is 2.35. The standard InChI is InChI=1S/C35H37N7S/c1-21(2)30-13-14-31(43-30)28-15-16-37-34-33(28)39-35(40-34)32-24(5)29(41-42-32)12-11-22(3)26-18-27(20-36-19-26)38-23(4)17-25-9-7-6-8-10-25/h11-16,18-20,25,38,41H,1,4-10,17H2,2-3H3,(H,37,39,40)/b22-11+,29-12+. The first-order valence-electron chi connectivity index (χ1n) is 14.8. The molecule has 0 saturated heterocycles. The molecule has 6 rings (SSSR count). The lowest BCUT2D eigenvalue weighted by atomic mass is 9.86. The predicted molar refractivity (Wildman–Crippen MR) is 181 cm³/mol. The number of anilines is 1. The molecule has 1 saturated carbocycles. The molecule has 3 N–H and O–H groups in total. The van der Waals surface area contributed by atoms with Gasteiger partial charge in [-0.15, -0.1) is 11.3 Å². The monoisotopic (exact) mass is 587 g/mol. The van der Waals surface area contributed by atoms with Gasteiger partial charge in [-0.1, -0.05) is 57.9 Å². The van der Waals surface area contributed by atoms with Gasteiger partial charge in [-0.2, -0.15) is 5.10 Å². The molecule has 43 heavy (non-hydrogen) atoms. The number of hydrogen-bond acceptors (Lipinski definition) is 6. The molecule has 0 radical (unpaired) electrons. The second-order valence-electron chi connectivity index (χ2n) is 11.5. The summed E-state index contributed by atoms with van der Waals surface area (Å²) in [6.45, 7) is 16.7. The highest BCUT2D eigenvalue weighted by Gasteiger charge is 2.16. The lowest BCUT2D eigenvalue weighted by Gasteiger charge is -2.22. The number of allylic oxidation sites excluding steroid dienone is 4. The molecule has 0 aliphatic heterocycles. The fraction of sp³-hybridized carbons (Fsp3) is 0.257. The van der Waals surface area contributed by atoms with Crippen LogP contribution < -0.4 is 15.9 Å². The summed E-state index contributed by atoms with van der Waals surface area (Å²) in [6, 6.07) is 8.34. The van der Waals surface area contributed by atoms with Gasteiger partial charge in [0.1, 0.15) is 5.69 Å². The van der Waals surface area contributed by atoms with Crippen LogP contribution in [0.2, 0.25) is 0 Å². The molecule has 1 fully saturated rings. The second kappa shape index (κ2) is 12.4. The van der Waals surface area contributed by atoms with E-state index in [2.05, 4.69) is 81.4 Å². The Bertz CT molecular complexity index is 1950. The summed E-state index contributed by atoms with van der Waals surface area (Å²) in [5, 5.41) is 12.7. The normalized spacial score (nSPS) is 14.8. The molecule has 0 aromatic carbocycles. The molecule has 5 aromatic rings. The minimum atomic E-state index is 0.629. The van der Waals surface area contributed by atoms with E-state index in [1.165, 1.54) is 32.1 Å². The largest absolute Gasteiger partial charge is 0.358 e. The van der Waals surface area contributed by atoms with E-state index in [1.54, 1.807) is 17.5 Å². The third kappa shape index (κ3) is 6.29. The predicted octanol–water partition coefficient (Wildman–Crippen LogP) is 7.69. The maximum Gasteiger partial charge on any atom is 0.178 e. The summed E-state index contributed by atoms with van der Waals surface area (Å²) >= 11 is 1.71. The van der Waals surface area contributed by atoms with Crippen LogP contribution in [0.5, 0.6) is 0 Å². The van der Waals surface area contributed by atoms with Crippen LogP contribution in [0.1, 0.15) is 62.8 Å². The quantitative estimate of drug-likeness (QED) is 0.164. The molecule has 0 bridgehead atoms. The van der Waals surface area contributed by atoms with Crippen molar-refractivity contribution in [3.05, 3.63) is 88.8 Å². The Morgan fingerprint density at radius 3 is 2.74 bits per heavy atom. The van der Waals surface area contributed by atoms with E-state index in [-0.39, 0.29) is 0 Å². The fourth-order valence-corrected chi connectivity index (χ4v) is 6.64. The molecule has 0 atom stereocenters. The zero-order chi connectivity index (χ0) is 29.9. The zero-order valence-electron chi connectivity index (χ0n) is 24.8. The van der Waals surface area contributed by atoms with Crippen molar-refractivity contribution in [3.8, 4) is 22.0 Å². The minimum Gasteiger partial charge on any atom is -0.358 e. The van der Waals surface area contributed by atoms with Gasteiger partial charge in [-0.3, -0.25) is 10.1 Å². The third-order valence-electron chi connectivity index (χ3n) is 8.08. The van der Waals surface area contributed by atoms with Gasteiger partial charge in [0.15, 0.2) is 11.5 Å². The first-order chi connectivity index (χ1) is 20.9. The van der Waals surface area contributed by atoms with Gasteiger partial charge in [0.05, 0.1) is 22.8 Å². The summed E-state index contributed by atoms with van der Waals surface area (Å²) in [7, 11) is 0. The molecule has 5 aromatic heterocycles. The van der Waals surface area contributed by atoms with Crippen molar-refractivity contribution in [2.24, 2.45) is 5.92 Å². The van der Waals surface area contributed by atoms with Crippen molar-refractivity contribution in [2.75, 3.05) is 5.32 Å². The lowest BCUT2D eigenvalue weighted by Crippen LogP contribution is -2.21. The van der Waals surface area contributed by atoms with Crippen LogP contribution in [-0.4, -0.2) is 30.1 Å². The molecule has 5 heterocycles. The van der Waals surface area contributed by atoms with Crippen molar-refractivity contribution in [1.29, 1.82) is 0 Å². The third-order valence-corrected chi connectivity index (χ3v) is 9.36. The number of aromatic amines is 2. The van der Waals surface area contributed by atoms with E-state index in [1.807, 2.05) is 31.5 Å². The topological polar surface area (TPSA) is 95.2 Å². The first-order valence-corrected chi connectivity index (χ1v) is 15.6. The molecule has 0 amide bonds. The van der Waals surface area contributed by atoms with Gasteiger partial charge in [0.25, 0.3) is 0 Å². The number of aromatic nitrogens is 6. The van der Waals surface area contributed by atoms with Crippen molar-refractivity contribution in [1.82, 2.24) is 30.1 Å². The smallest absolute Gasteiger partial charge is 0.178 e. The maximum atomic E-state index is 4.74. The second-order valence-corrected chi connectivity index (χ2v) is 12.6. The number of fused-ring (bicyclic) bond motifs is 1. The number of rotatable bonds is 9. The Morgan fingerprint density at radius 2 is 1.95 bits per heavy atom. The van der Waals surface area contributed by atoms with Gasteiger partial charge in [0, 0.05) is 38.6 Å². The Morgan fingerprint density at radius 1 is 1.12 bits per heavy atom. The van der Waals surface area contributed by atoms with Crippen LogP contribution in [0, 0.1) is 5.92 Å². The minimum absolute atomic E-state index is 0.629. The highest BCUT2D eigenvalue weighted by atomic mass is 32.1. The molecule has 8 heteroatoms. The number of thiophene rings is 1. The Kier molecular flexibility index (Phi) is 8.20. The summed E-state index contributed by atoms with van der Waals surface area (Å²) < 4.78 is 0. The number of imidazole rings is 1. The van der Waals surface area contributed by atoms with Crippen LogP contribution in [0.15, 0.2) is 67.8 Å². The van der Waals surface area contributed by atoms with Crippen LogP contribution in [0.4, 0.5) is 5.69 Å². The maximum absolute atomic E-state index is 4.74. The van der Waals surface area contributed by atoms with Crippen molar-refractivity contribution >= 4 is 52.0 Å². The lowest BCUT2D eigenvalue weighted by molar-refractivity contribution is 0.357. The number of nitrogens with one attached hydrogen (secondary N) is 3. The van der Waals surface area contributed by atoms with Crippen molar-refractivity contribution in [2.45, 2.75) is 52.4 Å². The Hall–Kier alpha value is -4.56. The van der Waals surface area contributed by atoms with E-state index in [9.17, 15) is 0 Å². The van der Waals surface area contributed by atoms with Crippen LogP contribution >= 0.6 is 11.3 Å². The van der Waals surface area contributed by atoms with Gasteiger partial charge >= 0.3 is 0 Å². The summed E-state index contributed by atoms with van der Waals surface area (Å²) in [5.41, 5.74) is 8.42. The molecule has 0 unspecified atom stereocenters. The van der Waals surface area contributed by atoms with E-state index >= 15 is 0 Å². The molecule has 7 nitrogen and oxygen atoms in total. The van der Waals surface area contributed by atoms with E-state index in [4.69, 9.17) is 4.98 Å². The van der Waals surface area contributed by atoms with E-state index < -0.39 is 0 Å². The van der Waals surface area contributed by atoms with Gasteiger partial charge < -0.3 is 10.3 Å². The van der Waals surface area contributed by atoms with Crippen LogP contribution in [-0.2, 0) is 0 Å². The summed E-state index contributed by atoms with van der Waals surface area (Å²) in [6.07, 6.45) is 17.2. The van der Waals surface area contributed by atoms with Crippen LogP contribution in [0.25, 0.3) is 56.9 Å². The van der Waals surface area contributed by atoms with Gasteiger partial charge in [-0.25, -0.2) is 9.97 Å². The van der Waals surface area contributed by atoms with Crippen LogP contribution in [0.3, 0.4) is 0 Å². The van der Waals surface area contributed by atoms with Gasteiger partial charge in [0.2, 0.25) is 0 Å². The van der Waals surface area contributed by atoms with E-state index in [0.717, 1.165) is 71.8 Å². The summed E-state index contributed by atoms with van der Waals surface area (Å²) in [4.78, 5) is 19.4. The molecule has 1 aliphatic rings. The SMILES string of the molecule is C=C(CC1CCCCC1)Nc1cncc(/C(C)=C/C=c2/[nH]nc(-c3nc4nccc(-c5ccc(C(=C)C)s5)c4[nH]3)c2=C)c1. The Balaban J connectivity index is 1.21. The average molecular weight is 588 g/mol. The summed E-state index contributed by atoms with van der Waals surface area (Å²) in [5.74, 6) is 1.37. The Labute approximate surface area is 255 Å². The zero-order valence-corrected chi connectivity index (χ0v) is 25.7. The number of nitrogens with zero attached hydrogens (tertiary/aromatic N) is 4. The van der Waals surface area contributed by atoms with Crippen molar-refractivity contribution < 1.29 is 0 Å². The van der Waals surface area contributed by atoms with Gasteiger partial charge in [-0.05, 0) is 73.2 Å². The number of pyridine rings is 2. The molecular formula is C35H37N7S. The highest BCUT2D eigenvalue weighted by molar-refractivity contribution is 7.16. The van der Waals surface area contributed by atoms with E-state index in [0.29, 0.717) is 17.2 Å². The molecule has 1 aliphatic carbocycles. The fourth-order valence-electron chi connectivity index (χ4n) is 5.68. The molecular weight excluding hydrogens is 551 g/mol. The molecule has 0 spiro atoms. The number of H-pyrrole nitrogens is 2.